The summed E-state index contributed by atoms with van der Waals surface area (Å²) in [5.41, 5.74) is 7.78. The van der Waals surface area contributed by atoms with Crippen LogP contribution in [0.5, 0.6) is 0 Å². The molecule has 2 fully saturated rings. The van der Waals surface area contributed by atoms with Gasteiger partial charge in [-0.3, -0.25) is 0 Å². The smallest absolute Gasteiger partial charge is 0.225 e. The van der Waals surface area contributed by atoms with Crippen LogP contribution < -0.4 is 10.6 Å². The molecule has 2 N–H and O–H groups in total. The minimum absolute atomic E-state index is 0.526. The minimum atomic E-state index is 0.526. The zero-order valence-electron chi connectivity index (χ0n) is 11.8. The number of aromatic nitrogens is 2. The van der Waals surface area contributed by atoms with Crippen LogP contribution in [0, 0.1) is 12.8 Å². The molecular formula is C15H24N4. The lowest BCUT2D eigenvalue weighted by molar-refractivity contribution is 0.427. The summed E-state index contributed by atoms with van der Waals surface area (Å²) in [7, 11) is 0. The third kappa shape index (κ3) is 2.46. The molecule has 0 radical (unpaired) electrons. The number of rotatable bonds is 3. The molecule has 2 aliphatic rings. The van der Waals surface area contributed by atoms with Crippen LogP contribution in [0.15, 0.2) is 6.20 Å². The molecule has 0 amide bonds. The van der Waals surface area contributed by atoms with Gasteiger partial charge in [0.15, 0.2) is 0 Å². The Morgan fingerprint density at radius 3 is 2.74 bits per heavy atom. The van der Waals surface area contributed by atoms with Crippen molar-refractivity contribution in [1.82, 2.24) is 9.97 Å². The molecule has 0 bridgehead atoms. The predicted octanol–water partition coefficient (Wildman–Crippen LogP) is 2.40. The standard InChI is InChI=1S/C15H24N4/c1-11-13(9-16)10-17-15(18-11)19-8-4-7-14(19)12-5-2-3-6-12/h10,12,14H,2-9,16H2,1H3. The molecule has 4 heteroatoms. The largest absolute Gasteiger partial charge is 0.338 e. The fourth-order valence-electron chi connectivity index (χ4n) is 3.69. The SMILES string of the molecule is Cc1nc(N2CCCC2C2CCCC2)ncc1CN. The van der Waals surface area contributed by atoms with E-state index in [1.54, 1.807) is 0 Å². The minimum Gasteiger partial charge on any atom is -0.338 e. The summed E-state index contributed by atoms with van der Waals surface area (Å²) < 4.78 is 0. The number of nitrogens with two attached hydrogens (primary N) is 1. The van der Waals surface area contributed by atoms with Crippen molar-refractivity contribution in [3.05, 3.63) is 17.5 Å². The summed E-state index contributed by atoms with van der Waals surface area (Å²) in [6.45, 7) is 3.68. The van der Waals surface area contributed by atoms with E-state index >= 15 is 0 Å². The second-order valence-electron chi connectivity index (χ2n) is 5.93. The molecule has 1 aliphatic carbocycles. The van der Waals surface area contributed by atoms with Gasteiger partial charge in [-0.05, 0) is 38.5 Å². The molecule has 1 saturated heterocycles. The summed E-state index contributed by atoms with van der Waals surface area (Å²) >= 11 is 0. The van der Waals surface area contributed by atoms with E-state index in [-0.39, 0.29) is 0 Å². The fraction of sp³-hybridized carbons (Fsp3) is 0.733. The van der Waals surface area contributed by atoms with Crippen molar-refractivity contribution in [3.63, 3.8) is 0 Å². The molecule has 1 aromatic rings. The number of nitrogens with zero attached hydrogens (tertiary/aromatic N) is 3. The molecule has 0 aromatic carbocycles. The zero-order chi connectivity index (χ0) is 13.2. The van der Waals surface area contributed by atoms with Crippen molar-refractivity contribution >= 4 is 5.95 Å². The monoisotopic (exact) mass is 260 g/mol. The van der Waals surface area contributed by atoms with Gasteiger partial charge >= 0.3 is 0 Å². The fourth-order valence-corrected chi connectivity index (χ4v) is 3.69. The van der Waals surface area contributed by atoms with Crippen molar-refractivity contribution < 1.29 is 0 Å². The maximum atomic E-state index is 5.69. The van der Waals surface area contributed by atoms with E-state index in [1.807, 2.05) is 13.1 Å². The molecule has 2 heterocycles. The van der Waals surface area contributed by atoms with Gasteiger partial charge in [-0.1, -0.05) is 12.8 Å². The Kier molecular flexibility index (Phi) is 3.69. The predicted molar refractivity (Wildman–Crippen MR) is 77.0 cm³/mol. The van der Waals surface area contributed by atoms with E-state index in [1.165, 1.54) is 38.5 Å². The van der Waals surface area contributed by atoms with Gasteiger partial charge in [-0.2, -0.15) is 0 Å². The number of anilines is 1. The van der Waals surface area contributed by atoms with Gasteiger partial charge < -0.3 is 10.6 Å². The summed E-state index contributed by atoms with van der Waals surface area (Å²) in [6.07, 6.45) is 10.1. The molecule has 1 atom stereocenters. The molecule has 4 nitrogen and oxygen atoms in total. The lowest BCUT2D eigenvalue weighted by Gasteiger charge is -2.29. The second-order valence-corrected chi connectivity index (χ2v) is 5.93. The van der Waals surface area contributed by atoms with Gasteiger partial charge in [-0.25, -0.2) is 9.97 Å². The van der Waals surface area contributed by atoms with Crippen LogP contribution in [0.4, 0.5) is 5.95 Å². The quantitative estimate of drug-likeness (QED) is 0.906. The normalized spacial score (nSPS) is 24.3. The number of aryl methyl sites for hydroxylation is 1. The first kappa shape index (κ1) is 12.9. The van der Waals surface area contributed by atoms with Crippen LogP contribution in [-0.2, 0) is 6.54 Å². The third-order valence-corrected chi connectivity index (χ3v) is 4.79. The zero-order valence-corrected chi connectivity index (χ0v) is 11.8. The molecule has 1 saturated carbocycles. The van der Waals surface area contributed by atoms with Gasteiger partial charge in [0.05, 0.1) is 0 Å². The highest BCUT2D eigenvalue weighted by Gasteiger charge is 2.34. The van der Waals surface area contributed by atoms with Crippen molar-refractivity contribution in [3.8, 4) is 0 Å². The molecule has 1 aliphatic heterocycles. The van der Waals surface area contributed by atoms with E-state index < -0.39 is 0 Å². The van der Waals surface area contributed by atoms with Gasteiger partial charge in [0.2, 0.25) is 5.95 Å². The van der Waals surface area contributed by atoms with Gasteiger partial charge in [-0.15, -0.1) is 0 Å². The first-order chi connectivity index (χ1) is 9.29. The average molecular weight is 260 g/mol. The summed E-state index contributed by atoms with van der Waals surface area (Å²) in [6, 6.07) is 0.672. The van der Waals surface area contributed by atoms with Crippen LogP contribution >= 0.6 is 0 Å². The Morgan fingerprint density at radius 1 is 1.26 bits per heavy atom. The highest BCUT2D eigenvalue weighted by Crippen LogP contribution is 2.36. The first-order valence-electron chi connectivity index (χ1n) is 7.59. The maximum Gasteiger partial charge on any atom is 0.225 e. The molecule has 1 aromatic heterocycles. The molecule has 3 rings (SSSR count). The van der Waals surface area contributed by atoms with Crippen molar-refractivity contribution in [1.29, 1.82) is 0 Å². The van der Waals surface area contributed by atoms with Crippen molar-refractivity contribution in [2.24, 2.45) is 11.7 Å². The highest BCUT2D eigenvalue weighted by atomic mass is 15.3. The van der Waals surface area contributed by atoms with E-state index in [2.05, 4.69) is 14.9 Å². The van der Waals surface area contributed by atoms with Gasteiger partial charge in [0.1, 0.15) is 0 Å². The first-order valence-corrected chi connectivity index (χ1v) is 7.59. The summed E-state index contributed by atoms with van der Waals surface area (Å²) in [5.74, 6) is 1.78. The Morgan fingerprint density at radius 2 is 2.05 bits per heavy atom. The van der Waals surface area contributed by atoms with Crippen LogP contribution in [0.1, 0.15) is 49.8 Å². The Balaban J connectivity index is 1.81. The molecule has 1 unspecified atom stereocenters. The topological polar surface area (TPSA) is 55.0 Å². The van der Waals surface area contributed by atoms with Crippen molar-refractivity contribution in [2.75, 3.05) is 11.4 Å². The van der Waals surface area contributed by atoms with E-state index in [4.69, 9.17) is 5.73 Å². The van der Waals surface area contributed by atoms with Gasteiger partial charge in [0.25, 0.3) is 0 Å². The molecular weight excluding hydrogens is 236 g/mol. The Hall–Kier alpha value is -1.16. The molecule has 0 spiro atoms. The lowest BCUT2D eigenvalue weighted by atomic mass is 9.96. The summed E-state index contributed by atoms with van der Waals surface area (Å²) in [5, 5.41) is 0. The lowest BCUT2D eigenvalue weighted by Crippen LogP contribution is -2.36. The van der Waals surface area contributed by atoms with Crippen molar-refractivity contribution in [2.45, 2.75) is 58.0 Å². The van der Waals surface area contributed by atoms with E-state index in [0.29, 0.717) is 12.6 Å². The van der Waals surface area contributed by atoms with E-state index in [9.17, 15) is 0 Å². The Labute approximate surface area is 115 Å². The highest BCUT2D eigenvalue weighted by molar-refractivity contribution is 5.36. The third-order valence-electron chi connectivity index (χ3n) is 4.79. The number of hydrogen-bond acceptors (Lipinski definition) is 4. The molecule has 104 valence electrons. The number of hydrogen-bond donors (Lipinski definition) is 1. The average Bonchev–Trinajstić information content (AvgIpc) is 3.09. The second kappa shape index (κ2) is 5.45. The van der Waals surface area contributed by atoms with Crippen LogP contribution in [0.2, 0.25) is 0 Å². The van der Waals surface area contributed by atoms with Crippen LogP contribution in [0.3, 0.4) is 0 Å². The van der Waals surface area contributed by atoms with Gasteiger partial charge in [0, 0.05) is 36.6 Å². The van der Waals surface area contributed by atoms with E-state index in [0.717, 1.165) is 29.7 Å². The Bertz CT molecular complexity index is 440. The maximum absolute atomic E-state index is 5.69. The summed E-state index contributed by atoms with van der Waals surface area (Å²) in [4.78, 5) is 11.7. The molecule has 19 heavy (non-hydrogen) atoms. The van der Waals surface area contributed by atoms with Crippen LogP contribution in [0.25, 0.3) is 0 Å². The van der Waals surface area contributed by atoms with Crippen LogP contribution in [-0.4, -0.2) is 22.6 Å².